The van der Waals surface area contributed by atoms with Gasteiger partial charge in [-0.3, -0.25) is 0 Å². The normalized spacial score (nSPS) is 18.6. The van der Waals surface area contributed by atoms with E-state index in [1.807, 2.05) is 0 Å². The molecule has 3 aromatic carbocycles. The molecule has 0 aliphatic heterocycles. The quantitative estimate of drug-likeness (QED) is 0.748. The highest BCUT2D eigenvalue weighted by Crippen LogP contribution is 2.56. The van der Waals surface area contributed by atoms with Crippen molar-refractivity contribution < 1.29 is 0 Å². The zero-order valence-corrected chi connectivity index (χ0v) is 11.7. The fourth-order valence-electron chi connectivity index (χ4n) is 3.69. The number of benzene rings is 3. The number of nitrogens with two attached hydrogens (primary N) is 1. The Morgan fingerprint density at radius 1 is 0.619 bits per heavy atom. The monoisotopic (exact) mass is 271 g/mol. The average molecular weight is 271 g/mol. The molecule has 0 amide bonds. The van der Waals surface area contributed by atoms with Crippen LogP contribution in [0.15, 0.2) is 84.9 Å². The molecular formula is C20H17N. The predicted octanol–water partition coefficient (Wildman–Crippen LogP) is 4.03. The molecule has 2 N–H and O–H groups in total. The number of fused-ring (bicyclic) bond motifs is 1. The minimum absolute atomic E-state index is 0.00139. The Hall–Kier alpha value is -2.38. The van der Waals surface area contributed by atoms with Gasteiger partial charge in [-0.1, -0.05) is 84.9 Å². The van der Waals surface area contributed by atoms with Crippen LogP contribution in [0.5, 0.6) is 0 Å². The molecule has 0 aromatic heterocycles. The van der Waals surface area contributed by atoms with Gasteiger partial charge < -0.3 is 5.73 Å². The first-order chi connectivity index (χ1) is 10.3. The Bertz CT molecular complexity index is 723. The largest absolute Gasteiger partial charge is 0.323 e. The fourth-order valence-corrected chi connectivity index (χ4v) is 3.69. The third-order valence-electron chi connectivity index (χ3n) is 4.65. The Morgan fingerprint density at radius 2 is 1.10 bits per heavy atom. The van der Waals surface area contributed by atoms with Gasteiger partial charge in [0.05, 0.1) is 5.41 Å². The Kier molecular flexibility index (Phi) is 2.69. The summed E-state index contributed by atoms with van der Waals surface area (Å²) in [5.41, 5.74) is 11.5. The van der Waals surface area contributed by atoms with Gasteiger partial charge in [-0.05, 0) is 22.3 Å². The summed E-state index contributed by atoms with van der Waals surface area (Å²) in [4.78, 5) is 0. The van der Waals surface area contributed by atoms with E-state index in [-0.39, 0.29) is 11.5 Å². The minimum Gasteiger partial charge on any atom is -0.323 e. The lowest BCUT2D eigenvalue weighted by Crippen LogP contribution is -2.49. The van der Waals surface area contributed by atoms with Crippen LogP contribution in [0.1, 0.15) is 28.3 Å². The van der Waals surface area contributed by atoms with Gasteiger partial charge in [-0.15, -0.1) is 0 Å². The van der Waals surface area contributed by atoms with E-state index in [1.165, 1.54) is 22.3 Å². The van der Waals surface area contributed by atoms with Crippen molar-refractivity contribution in [3.8, 4) is 0 Å². The van der Waals surface area contributed by atoms with Gasteiger partial charge >= 0.3 is 0 Å². The molecule has 3 aromatic rings. The van der Waals surface area contributed by atoms with E-state index in [1.54, 1.807) is 0 Å². The second-order valence-electron chi connectivity index (χ2n) is 5.60. The van der Waals surface area contributed by atoms with Gasteiger partial charge in [-0.25, -0.2) is 0 Å². The number of rotatable bonds is 2. The van der Waals surface area contributed by atoms with Gasteiger partial charge in [-0.2, -0.15) is 0 Å². The van der Waals surface area contributed by atoms with E-state index < -0.39 is 0 Å². The molecule has 0 fully saturated rings. The maximum absolute atomic E-state index is 6.63. The van der Waals surface area contributed by atoms with Crippen LogP contribution in [0, 0.1) is 0 Å². The summed E-state index contributed by atoms with van der Waals surface area (Å²) >= 11 is 0. The Balaban J connectivity index is 2.03. The molecule has 1 unspecified atom stereocenters. The minimum atomic E-state index is -0.223. The molecule has 0 saturated carbocycles. The van der Waals surface area contributed by atoms with Crippen molar-refractivity contribution in [2.45, 2.75) is 11.5 Å². The van der Waals surface area contributed by atoms with Gasteiger partial charge in [0.25, 0.3) is 0 Å². The smallest absolute Gasteiger partial charge is 0.0647 e. The number of hydrogen-bond donors (Lipinski definition) is 1. The van der Waals surface area contributed by atoms with Crippen LogP contribution >= 0.6 is 0 Å². The summed E-state index contributed by atoms with van der Waals surface area (Å²) in [5.74, 6) is 0. The first kappa shape index (κ1) is 12.4. The molecule has 21 heavy (non-hydrogen) atoms. The number of hydrogen-bond acceptors (Lipinski definition) is 1. The van der Waals surface area contributed by atoms with Crippen molar-refractivity contribution >= 4 is 0 Å². The van der Waals surface area contributed by atoms with Gasteiger partial charge in [0.1, 0.15) is 0 Å². The second kappa shape index (κ2) is 4.57. The molecule has 102 valence electrons. The summed E-state index contributed by atoms with van der Waals surface area (Å²) in [5, 5.41) is 0. The summed E-state index contributed by atoms with van der Waals surface area (Å²) in [7, 11) is 0. The summed E-state index contributed by atoms with van der Waals surface area (Å²) < 4.78 is 0. The molecule has 1 heteroatoms. The van der Waals surface area contributed by atoms with Crippen molar-refractivity contribution in [1.82, 2.24) is 0 Å². The first-order valence-corrected chi connectivity index (χ1v) is 7.31. The summed E-state index contributed by atoms with van der Waals surface area (Å²) in [6.07, 6.45) is 0. The van der Waals surface area contributed by atoms with Crippen LogP contribution < -0.4 is 5.73 Å². The molecule has 4 rings (SSSR count). The van der Waals surface area contributed by atoms with Gasteiger partial charge in [0, 0.05) is 6.04 Å². The third kappa shape index (κ3) is 1.55. The standard InChI is InChI=1S/C20H17N/c21-19-17-13-7-8-14-18(17)20(19,15-9-3-1-4-10-15)16-11-5-2-6-12-16/h1-14,19H,21H2. The van der Waals surface area contributed by atoms with E-state index in [0.29, 0.717) is 0 Å². The van der Waals surface area contributed by atoms with Crippen LogP contribution in [0.2, 0.25) is 0 Å². The van der Waals surface area contributed by atoms with Gasteiger partial charge in [0.2, 0.25) is 0 Å². The fraction of sp³-hybridized carbons (Fsp3) is 0.100. The molecule has 0 radical (unpaired) electrons. The lowest BCUT2D eigenvalue weighted by molar-refractivity contribution is 0.421. The van der Waals surface area contributed by atoms with Crippen LogP contribution in [-0.2, 0) is 5.41 Å². The molecule has 1 nitrogen and oxygen atoms in total. The van der Waals surface area contributed by atoms with Crippen LogP contribution in [0.3, 0.4) is 0 Å². The highest BCUT2D eigenvalue weighted by molar-refractivity contribution is 5.63. The molecule has 1 aliphatic rings. The zero-order chi connectivity index (χ0) is 14.3. The molecule has 1 aliphatic carbocycles. The molecule has 1 atom stereocenters. The zero-order valence-electron chi connectivity index (χ0n) is 11.7. The van der Waals surface area contributed by atoms with E-state index in [0.717, 1.165) is 0 Å². The van der Waals surface area contributed by atoms with E-state index >= 15 is 0 Å². The van der Waals surface area contributed by atoms with Crippen molar-refractivity contribution in [3.05, 3.63) is 107 Å². The molecule has 0 spiro atoms. The van der Waals surface area contributed by atoms with Crippen LogP contribution in [0.4, 0.5) is 0 Å². The van der Waals surface area contributed by atoms with Crippen molar-refractivity contribution in [3.63, 3.8) is 0 Å². The molecular weight excluding hydrogens is 254 g/mol. The van der Waals surface area contributed by atoms with E-state index in [2.05, 4.69) is 84.9 Å². The topological polar surface area (TPSA) is 26.0 Å². The first-order valence-electron chi connectivity index (χ1n) is 7.31. The van der Waals surface area contributed by atoms with Crippen LogP contribution in [0.25, 0.3) is 0 Å². The van der Waals surface area contributed by atoms with Gasteiger partial charge in [0.15, 0.2) is 0 Å². The van der Waals surface area contributed by atoms with E-state index in [4.69, 9.17) is 5.73 Å². The molecule has 0 heterocycles. The third-order valence-corrected chi connectivity index (χ3v) is 4.65. The highest BCUT2D eigenvalue weighted by atomic mass is 14.8. The summed E-state index contributed by atoms with van der Waals surface area (Å²) in [6, 6.07) is 29.7. The summed E-state index contributed by atoms with van der Waals surface area (Å²) in [6.45, 7) is 0. The Morgan fingerprint density at radius 3 is 1.67 bits per heavy atom. The highest BCUT2D eigenvalue weighted by Gasteiger charge is 2.51. The lowest BCUT2D eigenvalue weighted by Gasteiger charge is -2.50. The van der Waals surface area contributed by atoms with Crippen LogP contribution in [-0.4, -0.2) is 0 Å². The van der Waals surface area contributed by atoms with Crippen molar-refractivity contribution in [2.24, 2.45) is 5.73 Å². The second-order valence-corrected chi connectivity index (χ2v) is 5.60. The van der Waals surface area contributed by atoms with Crippen molar-refractivity contribution in [2.75, 3.05) is 0 Å². The molecule has 0 saturated heterocycles. The maximum atomic E-state index is 6.63. The predicted molar refractivity (Wildman–Crippen MR) is 86.1 cm³/mol. The molecule has 0 bridgehead atoms. The lowest BCUT2D eigenvalue weighted by atomic mass is 9.54. The Labute approximate surface area is 125 Å². The van der Waals surface area contributed by atoms with Crippen molar-refractivity contribution in [1.29, 1.82) is 0 Å². The van der Waals surface area contributed by atoms with E-state index in [9.17, 15) is 0 Å². The average Bonchev–Trinajstić information content (AvgIpc) is 2.57. The SMILES string of the molecule is NC1c2ccccc2C1(c1ccccc1)c1ccccc1. The maximum Gasteiger partial charge on any atom is 0.0647 e.